The van der Waals surface area contributed by atoms with Crippen LogP contribution in [0.5, 0.6) is 0 Å². The van der Waals surface area contributed by atoms with Gasteiger partial charge in [-0.1, -0.05) is 12.1 Å². The van der Waals surface area contributed by atoms with Gasteiger partial charge in [0.2, 0.25) is 0 Å². The molecule has 1 aromatic carbocycles. The Morgan fingerprint density at radius 2 is 1.96 bits per heavy atom. The summed E-state index contributed by atoms with van der Waals surface area (Å²) in [6.45, 7) is 1.13. The second-order valence-electron chi connectivity index (χ2n) is 5.83. The first kappa shape index (κ1) is 18.4. The third-order valence-corrected chi connectivity index (χ3v) is 4.14. The summed E-state index contributed by atoms with van der Waals surface area (Å²) in [4.78, 5) is 45.1. The average molecular weight is 350 g/mol. The molecule has 134 valence electrons. The normalized spacial score (nSPS) is 22.6. The number of hydrogen-bond donors (Lipinski definition) is 4. The molecule has 0 bridgehead atoms. The Morgan fingerprint density at radius 1 is 1.28 bits per heavy atom. The molecule has 0 spiro atoms. The maximum absolute atomic E-state index is 11.8. The number of nitrogens with one attached hydrogen (secondary N) is 1. The minimum atomic E-state index is -1.33. The van der Waals surface area contributed by atoms with Crippen LogP contribution in [0, 0.1) is 17.8 Å². The van der Waals surface area contributed by atoms with Crippen molar-refractivity contribution in [2.24, 2.45) is 23.5 Å². The van der Waals surface area contributed by atoms with Crippen molar-refractivity contribution in [3.05, 3.63) is 29.8 Å². The zero-order valence-corrected chi connectivity index (χ0v) is 13.3. The summed E-state index contributed by atoms with van der Waals surface area (Å²) in [6.07, 6.45) is -0.834. The number of rotatable bonds is 7. The van der Waals surface area contributed by atoms with Gasteiger partial charge in [0.15, 0.2) is 5.78 Å². The first-order valence-corrected chi connectivity index (χ1v) is 7.48. The number of carboxylic acid groups (broad SMARTS) is 2. The van der Waals surface area contributed by atoms with Crippen molar-refractivity contribution in [1.82, 2.24) is 0 Å². The van der Waals surface area contributed by atoms with E-state index in [9.17, 15) is 19.2 Å². The maximum Gasteiger partial charge on any atom is 0.411 e. The van der Waals surface area contributed by atoms with Gasteiger partial charge in [-0.15, -0.1) is 0 Å². The highest BCUT2D eigenvalue weighted by Gasteiger charge is 2.60. The number of anilines is 1. The molecule has 1 aliphatic carbocycles. The van der Waals surface area contributed by atoms with Crippen LogP contribution in [0.1, 0.15) is 17.3 Å². The Labute approximate surface area is 142 Å². The molecule has 1 aliphatic rings. The molecule has 2 rings (SSSR count). The van der Waals surface area contributed by atoms with Gasteiger partial charge in [0.05, 0.1) is 12.5 Å². The fourth-order valence-electron chi connectivity index (χ4n) is 2.76. The van der Waals surface area contributed by atoms with Gasteiger partial charge in [0.1, 0.15) is 6.04 Å². The van der Waals surface area contributed by atoms with Gasteiger partial charge in [-0.3, -0.25) is 19.7 Å². The third kappa shape index (κ3) is 4.32. The van der Waals surface area contributed by atoms with E-state index in [2.05, 4.69) is 5.32 Å². The van der Waals surface area contributed by atoms with Crippen molar-refractivity contribution >= 4 is 29.5 Å². The standard InChI is InChI=1S/C16H18N2O7/c1-7(19)8-3-2-4-9(5-8)18-16(24)25-6-10-11(12(10)14(20)21)13(17)15(22)23/h2-5,10-13H,6,17H2,1H3,(H,18,24)(H,20,21)(H,22,23). The quantitative estimate of drug-likeness (QED) is 0.526. The Morgan fingerprint density at radius 3 is 2.52 bits per heavy atom. The van der Waals surface area contributed by atoms with Gasteiger partial charge in [-0.25, -0.2) is 4.79 Å². The van der Waals surface area contributed by atoms with Crippen LogP contribution in [0.2, 0.25) is 0 Å². The zero-order chi connectivity index (χ0) is 18.7. The van der Waals surface area contributed by atoms with Crippen LogP contribution >= 0.6 is 0 Å². The molecule has 0 aromatic heterocycles. The molecule has 25 heavy (non-hydrogen) atoms. The van der Waals surface area contributed by atoms with Gasteiger partial charge < -0.3 is 20.7 Å². The minimum Gasteiger partial charge on any atom is -0.481 e. The van der Waals surface area contributed by atoms with Crippen LogP contribution in [-0.2, 0) is 14.3 Å². The van der Waals surface area contributed by atoms with Crippen molar-refractivity contribution in [2.75, 3.05) is 11.9 Å². The van der Waals surface area contributed by atoms with Crippen molar-refractivity contribution in [3.8, 4) is 0 Å². The molecule has 0 saturated heterocycles. The van der Waals surface area contributed by atoms with E-state index in [-0.39, 0.29) is 12.4 Å². The van der Waals surface area contributed by atoms with E-state index in [1.807, 2.05) is 0 Å². The lowest BCUT2D eigenvalue weighted by molar-refractivity contribution is -0.140. The molecule has 0 aliphatic heterocycles. The maximum atomic E-state index is 11.8. The second-order valence-corrected chi connectivity index (χ2v) is 5.83. The molecule has 1 fully saturated rings. The minimum absolute atomic E-state index is 0.162. The van der Waals surface area contributed by atoms with Gasteiger partial charge in [0, 0.05) is 23.1 Å². The Hall–Kier alpha value is -2.94. The number of benzene rings is 1. The predicted molar refractivity (Wildman–Crippen MR) is 85.1 cm³/mol. The first-order valence-electron chi connectivity index (χ1n) is 7.48. The molecule has 9 heteroatoms. The van der Waals surface area contributed by atoms with Crippen LogP contribution in [0.4, 0.5) is 10.5 Å². The number of aliphatic carboxylic acids is 2. The SMILES string of the molecule is CC(=O)c1cccc(NC(=O)OCC2C(C(=O)O)C2C(N)C(=O)O)c1. The van der Waals surface area contributed by atoms with E-state index < -0.39 is 41.8 Å². The van der Waals surface area contributed by atoms with Gasteiger partial charge in [-0.2, -0.15) is 0 Å². The zero-order valence-electron chi connectivity index (χ0n) is 13.3. The number of carbonyl (C=O) groups excluding carboxylic acids is 2. The predicted octanol–water partition coefficient (Wildman–Crippen LogP) is 0.796. The monoisotopic (exact) mass is 350 g/mol. The number of amides is 1. The lowest BCUT2D eigenvalue weighted by atomic mass is 10.1. The molecule has 9 nitrogen and oxygen atoms in total. The number of Topliss-reactive ketones (excluding diaryl/α,β-unsaturated/α-hetero) is 1. The highest BCUT2D eigenvalue weighted by molar-refractivity contribution is 5.96. The van der Waals surface area contributed by atoms with Crippen LogP contribution in [-0.4, -0.2) is 46.7 Å². The van der Waals surface area contributed by atoms with Crippen LogP contribution in [0.25, 0.3) is 0 Å². The summed E-state index contributed by atoms with van der Waals surface area (Å²) in [5.41, 5.74) is 6.23. The summed E-state index contributed by atoms with van der Waals surface area (Å²) in [5, 5.41) is 20.4. The summed E-state index contributed by atoms with van der Waals surface area (Å²) in [6, 6.07) is 4.90. The molecule has 1 aromatic rings. The lowest BCUT2D eigenvalue weighted by Crippen LogP contribution is -2.34. The van der Waals surface area contributed by atoms with Crippen molar-refractivity contribution < 1.29 is 34.1 Å². The highest BCUT2D eigenvalue weighted by atomic mass is 16.5. The van der Waals surface area contributed by atoms with E-state index in [0.717, 1.165) is 0 Å². The van der Waals surface area contributed by atoms with Crippen molar-refractivity contribution in [3.63, 3.8) is 0 Å². The number of nitrogens with two attached hydrogens (primary N) is 1. The first-order chi connectivity index (χ1) is 11.7. The summed E-state index contributed by atoms with van der Waals surface area (Å²) in [7, 11) is 0. The summed E-state index contributed by atoms with van der Waals surface area (Å²) in [5.74, 6) is -5.04. The number of carboxylic acids is 2. The Kier molecular flexibility index (Phi) is 5.38. The van der Waals surface area contributed by atoms with Gasteiger partial charge in [-0.05, 0) is 19.1 Å². The fraction of sp³-hybridized carbons (Fsp3) is 0.375. The van der Waals surface area contributed by atoms with Crippen LogP contribution in [0.15, 0.2) is 24.3 Å². The van der Waals surface area contributed by atoms with Crippen LogP contribution in [0.3, 0.4) is 0 Å². The van der Waals surface area contributed by atoms with E-state index in [4.69, 9.17) is 20.7 Å². The van der Waals surface area contributed by atoms with E-state index in [1.54, 1.807) is 18.2 Å². The largest absolute Gasteiger partial charge is 0.481 e. The molecule has 0 heterocycles. The smallest absolute Gasteiger partial charge is 0.411 e. The molecule has 0 radical (unpaired) electrons. The molecular formula is C16H18N2O7. The Bertz CT molecular complexity index is 718. The number of ether oxygens (including phenoxy) is 1. The van der Waals surface area contributed by atoms with Gasteiger partial charge >= 0.3 is 18.0 Å². The van der Waals surface area contributed by atoms with E-state index in [1.165, 1.54) is 13.0 Å². The molecule has 5 N–H and O–H groups in total. The second kappa shape index (κ2) is 7.31. The Balaban J connectivity index is 1.91. The molecule has 1 saturated carbocycles. The van der Waals surface area contributed by atoms with Crippen LogP contribution < -0.4 is 11.1 Å². The lowest BCUT2D eigenvalue weighted by Gasteiger charge is -2.08. The van der Waals surface area contributed by atoms with Crippen molar-refractivity contribution in [2.45, 2.75) is 13.0 Å². The third-order valence-electron chi connectivity index (χ3n) is 4.14. The number of carbonyl (C=O) groups is 4. The van der Waals surface area contributed by atoms with Crippen molar-refractivity contribution in [1.29, 1.82) is 0 Å². The number of ketones is 1. The summed E-state index contributed by atoms with van der Waals surface area (Å²) < 4.78 is 4.96. The average Bonchev–Trinajstić information content (AvgIpc) is 3.26. The highest BCUT2D eigenvalue weighted by Crippen LogP contribution is 2.48. The molecular weight excluding hydrogens is 332 g/mol. The number of hydrogen-bond acceptors (Lipinski definition) is 6. The van der Waals surface area contributed by atoms with E-state index >= 15 is 0 Å². The summed E-state index contributed by atoms with van der Waals surface area (Å²) >= 11 is 0. The fourth-order valence-corrected chi connectivity index (χ4v) is 2.76. The van der Waals surface area contributed by atoms with Gasteiger partial charge in [0.25, 0.3) is 0 Å². The molecule has 4 atom stereocenters. The molecule has 4 unspecified atom stereocenters. The molecule has 1 amide bonds. The topological polar surface area (TPSA) is 156 Å². The van der Waals surface area contributed by atoms with E-state index in [0.29, 0.717) is 11.3 Å².